The van der Waals surface area contributed by atoms with Gasteiger partial charge in [-0.3, -0.25) is 10.1 Å². The van der Waals surface area contributed by atoms with E-state index in [4.69, 9.17) is 4.74 Å². The number of rotatable bonds is 7. The Hall–Kier alpha value is -4.27. The van der Waals surface area contributed by atoms with Gasteiger partial charge in [-0.2, -0.15) is 5.10 Å². The molecule has 5 rings (SSSR count). The van der Waals surface area contributed by atoms with Gasteiger partial charge >= 0.3 is 12.1 Å². The third kappa shape index (κ3) is 4.20. The van der Waals surface area contributed by atoms with Crippen LogP contribution >= 0.6 is 0 Å². The normalized spacial score (nSPS) is 20.8. The maximum absolute atomic E-state index is 15.7. The maximum atomic E-state index is 15.7. The van der Waals surface area contributed by atoms with E-state index in [0.717, 1.165) is 16.4 Å². The van der Waals surface area contributed by atoms with Crippen molar-refractivity contribution in [2.75, 3.05) is 5.32 Å². The lowest BCUT2D eigenvalue weighted by molar-refractivity contribution is -0.147. The lowest BCUT2D eigenvalue weighted by atomic mass is 9.73. The average molecular weight is 506 g/mol. The number of hydrogen-bond donors (Lipinski definition) is 2. The van der Waals surface area contributed by atoms with E-state index in [1.54, 1.807) is 61.5 Å². The molecular formula is C28H25F2N3O4. The van der Waals surface area contributed by atoms with Crippen LogP contribution in [0.3, 0.4) is 0 Å². The Morgan fingerprint density at radius 2 is 1.73 bits per heavy atom. The number of benzene rings is 2. The first-order valence-electron chi connectivity index (χ1n) is 11.9. The third-order valence-corrected chi connectivity index (χ3v) is 7.19. The number of halogens is 2. The predicted molar refractivity (Wildman–Crippen MR) is 133 cm³/mol. The predicted octanol–water partition coefficient (Wildman–Crippen LogP) is 6.23. The van der Waals surface area contributed by atoms with Crippen LogP contribution in [-0.2, 0) is 15.1 Å². The largest absolute Gasteiger partial charge is 0.481 e. The van der Waals surface area contributed by atoms with Gasteiger partial charge in [-0.25, -0.2) is 18.3 Å². The zero-order chi connectivity index (χ0) is 26.2. The van der Waals surface area contributed by atoms with Gasteiger partial charge in [0, 0.05) is 12.0 Å². The number of carboxylic acids is 1. The van der Waals surface area contributed by atoms with Crippen molar-refractivity contribution in [2.45, 2.75) is 37.8 Å². The van der Waals surface area contributed by atoms with Gasteiger partial charge in [0.1, 0.15) is 17.5 Å². The van der Waals surface area contributed by atoms with Crippen LogP contribution in [-0.4, -0.2) is 26.9 Å². The fourth-order valence-electron chi connectivity index (χ4n) is 5.03. The van der Waals surface area contributed by atoms with Crippen molar-refractivity contribution in [1.82, 2.24) is 9.78 Å². The highest BCUT2D eigenvalue weighted by atomic mass is 19.1. The minimum Gasteiger partial charge on any atom is -0.481 e. The summed E-state index contributed by atoms with van der Waals surface area (Å²) >= 11 is 0. The fraction of sp³-hybridized carbons (Fsp3) is 0.250. The molecule has 1 aromatic heterocycles. The minimum atomic E-state index is -1.58. The lowest BCUT2D eigenvalue weighted by Gasteiger charge is -2.39. The van der Waals surface area contributed by atoms with E-state index in [1.807, 2.05) is 12.1 Å². The SMILES string of the molecule is CC(OC(=O)Nc1c(F)cnn1[C@@]1(C2(C(=O)O)CC2)C=CC(c2ccccc2)=C(F)C1)c1ccccc1. The quantitative estimate of drug-likeness (QED) is 0.397. The second-order valence-corrected chi connectivity index (χ2v) is 9.34. The molecule has 1 saturated carbocycles. The van der Waals surface area contributed by atoms with Crippen LogP contribution in [0.4, 0.5) is 19.4 Å². The summed E-state index contributed by atoms with van der Waals surface area (Å²) < 4.78 is 37.1. The van der Waals surface area contributed by atoms with Crippen LogP contribution in [0.2, 0.25) is 0 Å². The van der Waals surface area contributed by atoms with E-state index in [9.17, 15) is 19.1 Å². The second kappa shape index (κ2) is 9.31. The van der Waals surface area contributed by atoms with Gasteiger partial charge in [0.25, 0.3) is 0 Å². The molecule has 37 heavy (non-hydrogen) atoms. The molecule has 2 aliphatic carbocycles. The van der Waals surface area contributed by atoms with Crippen LogP contribution in [0.5, 0.6) is 0 Å². The van der Waals surface area contributed by atoms with Gasteiger partial charge in [0.2, 0.25) is 0 Å². The molecule has 1 amide bonds. The Morgan fingerprint density at radius 3 is 2.32 bits per heavy atom. The topological polar surface area (TPSA) is 93.5 Å². The van der Waals surface area contributed by atoms with Gasteiger partial charge in [-0.15, -0.1) is 0 Å². The number of ether oxygens (including phenoxy) is 1. The molecule has 9 heteroatoms. The molecule has 0 bridgehead atoms. The highest BCUT2D eigenvalue weighted by molar-refractivity contribution is 5.86. The molecule has 2 aromatic carbocycles. The van der Waals surface area contributed by atoms with Crippen LogP contribution < -0.4 is 5.32 Å². The van der Waals surface area contributed by atoms with Crippen molar-refractivity contribution in [2.24, 2.45) is 5.41 Å². The second-order valence-electron chi connectivity index (χ2n) is 9.34. The van der Waals surface area contributed by atoms with Crippen molar-refractivity contribution in [3.8, 4) is 0 Å². The number of aromatic nitrogens is 2. The Balaban J connectivity index is 1.50. The average Bonchev–Trinajstić information content (AvgIpc) is 3.65. The van der Waals surface area contributed by atoms with E-state index in [-0.39, 0.29) is 19.3 Å². The summed E-state index contributed by atoms with van der Waals surface area (Å²) in [5.41, 5.74) is -1.32. The maximum Gasteiger partial charge on any atom is 0.413 e. The summed E-state index contributed by atoms with van der Waals surface area (Å²) in [5, 5.41) is 16.6. The molecule has 0 saturated heterocycles. The molecule has 2 atom stereocenters. The zero-order valence-electron chi connectivity index (χ0n) is 20.0. The number of carbonyl (C=O) groups is 2. The summed E-state index contributed by atoms with van der Waals surface area (Å²) in [6, 6.07) is 17.9. The summed E-state index contributed by atoms with van der Waals surface area (Å²) in [4.78, 5) is 25.2. The Morgan fingerprint density at radius 1 is 1.08 bits per heavy atom. The smallest absolute Gasteiger partial charge is 0.413 e. The van der Waals surface area contributed by atoms with E-state index >= 15 is 4.39 Å². The molecule has 1 unspecified atom stereocenters. The first kappa shape index (κ1) is 24.4. The number of carboxylic acid groups (broad SMARTS) is 1. The first-order chi connectivity index (χ1) is 17.8. The third-order valence-electron chi connectivity index (χ3n) is 7.19. The van der Waals surface area contributed by atoms with E-state index in [2.05, 4.69) is 10.4 Å². The number of anilines is 1. The molecule has 190 valence electrons. The van der Waals surface area contributed by atoms with Gasteiger partial charge < -0.3 is 9.84 Å². The van der Waals surface area contributed by atoms with Gasteiger partial charge in [-0.1, -0.05) is 72.8 Å². The summed E-state index contributed by atoms with van der Waals surface area (Å²) in [5.74, 6) is -2.98. The van der Waals surface area contributed by atoms with Crippen LogP contribution in [0, 0.1) is 11.2 Å². The Kier molecular flexibility index (Phi) is 6.15. The minimum absolute atomic E-state index is 0.247. The number of allylic oxidation sites excluding steroid dienone is 4. The number of aliphatic carboxylic acids is 1. The van der Waals surface area contributed by atoms with Gasteiger partial charge in [-0.05, 0) is 30.9 Å². The molecular weight excluding hydrogens is 480 g/mol. The van der Waals surface area contributed by atoms with Crippen molar-refractivity contribution in [3.05, 3.63) is 102 Å². The molecule has 1 heterocycles. The summed E-state index contributed by atoms with van der Waals surface area (Å²) in [6.07, 6.45) is 2.49. The van der Waals surface area contributed by atoms with E-state index < -0.39 is 46.6 Å². The molecule has 7 nitrogen and oxygen atoms in total. The van der Waals surface area contributed by atoms with E-state index in [0.29, 0.717) is 11.1 Å². The van der Waals surface area contributed by atoms with Crippen molar-refractivity contribution >= 4 is 23.5 Å². The van der Waals surface area contributed by atoms with E-state index in [1.165, 1.54) is 6.08 Å². The fourth-order valence-corrected chi connectivity index (χ4v) is 5.03. The standard InChI is InChI=1S/C28H25F2N3O4/c1-18(19-8-4-2-5-9-19)37-26(36)32-24-23(30)17-31-33(24)28(27(14-15-27)25(34)35)13-12-21(22(29)16-28)20-10-6-3-7-11-20/h2-13,17-18H,14-16H2,1H3,(H,32,36)(H,34,35)/t18?,28-/m0/s1. The monoisotopic (exact) mass is 505 g/mol. The van der Waals surface area contributed by atoms with Crippen LogP contribution in [0.15, 0.2) is 84.8 Å². The number of nitrogens with one attached hydrogen (secondary N) is 1. The highest BCUT2D eigenvalue weighted by Crippen LogP contribution is 2.62. The molecule has 0 radical (unpaired) electrons. The van der Waals surface area contributed by atoms with Gasteiger partial charge in [0.15, 0.2) is 11.6 Å². The van der Waals surface area contributed by atoms with Crippen molar-refractivity contribution < 1.29 is 28.2 Å². The number of amides is 1. The molecule has 0 spiro atoms. The Bertz CT molecular complexity index is 1400. The molecule has 2 aliphatic rings. The number of nitrogens with zero attached hydrogens (tertiary/aromatic N) is 2. The summed E-state index contributed by atoms with van der Waals surface area (Å²) in [6.45, 7) is 1.67. The summed E-state index contributed by atoms with van der Waals surface area (Å²) in [7, 11) is 0. The highest BCUT2D eigenvalue weighted by Gasteiger charge is 2.67. The van der Waals surface area contributed by atoms with Crippen LogP contribution in [0.25, 0.3) is 5.57 Å². The van der Waals surface area contributed by atoms with Crippen molar-refractivity contribution in [3.63, 3.8) is 0 Å². The Labute approximate surface area is 212 Å². The first-order valence-corrected chi connectivity index (χ1v) is 11.9. The zero-order valence-corrected chi connectivity index (χ0v) is 20.0. The number of carbonyl (C=O) groups excluding carboxylic acids is 1. The van der Waals surface area contributed by atoms with Crippen molar-refractivity contribution in [1.29, 1.82) is 0 Å². The molecule has 1 fully saturated rings. The molecule has 2 N–H and O–H groups in total. The lowest BCUT2D eigenvalue weighted by Crippen LogP contribution is -2.47. The molecule has 0 aliphatic heterocycles. The van der Waals surface area contributed by atoms with Crippen LogP contribution in [0.1, 0.15) is 43.4 Å². The molecule has 3 aromatic rings. The number of hydrogen-bond acceptors (Lipinski definition) is 4. The van der Waals surface area contributed by atoms with Gasteiger partial charge in [0.05, 0.1) is 11.6 Å².